The van der Waals surface area contributed by atoms with E-state index >= 15 is 4.39 Å². The summed E-state index contributed by atoms with van der Waals surface area (Å²) in [5.41, 5.74) is 1.61. The van der Waals surface area contributed by atoms with Crippen LogP contribution in [0.15, 0.2) is 42.1 Å². The van der Waals surface area contributed by atoms with Gasteiger partial charge in [-0.2, -0.15) is 0 Å². The van der Waals surface area contributed by atoms with Crippen LogP contribution in [0.5, 0.6) is 0 Å². The second-order valence-corrected chi connectivity index (χ2v) is 10.6. The van der Waals surface area contributed by atoms with Crippen LogP contribution >= 0.6 is 11.6 Å². The molecule has 0 atom stereocenters. The number of nitrogens with one attached hydrogen (secondary N) is 1. The van der Waals surface area contributed by atoms with Crippen molar-refractivity contribution in [1.82, 2.24) is 9.80 Å². The Morgan fingerprint density at radius 3 is 2.36 bits per heavy atom. The maximum Gasteiger partial charge on any atom is 0.496 e. The fourth-order valence-corrected chi connectivity index (χ4v) is 4.60. The van der Waals surface area contributed by atoms with Crippen molar-refractivity contribution in [2.75, 3.05) is 26.0 Å². The summed E-state index contributed by atoms with van der Waals surface area (Å²) in [4.78, 5) is 27.7. The molecule has 10 heteroatoms. The first-order chi connectivity index (χ1) is 16.7. The second kappa shape index (κ2) is 9.21. The average Bonchev–Trinajstić information content (AvgIpc) is 3.01. The first kappa shape index (κ1) is 26.2. The first-order valence-corrected chi connectivity index (χ1v) is 12.0. The molecule has 0 bridgehead atoms. The van der Waals surface area contributed by atoms with E-state index in [-0.39, 0.29) is 24.0 Å². The van der Waals surface area contributed by atoms with Crippen molar-refractivity contribution in [2.45, 2.75) is 45.8 Å². The fourth-order valence-electron chi connectivity index (χ4n) is 4.29. The van der Waals surface area contributed by atoms with Gasteiger partial charge in [0, 0.05) is 47.6 Å². The van der Waals surface area contributed by atoms with Gasteiger partial charge in [0.25, 0.3) is 5.91 Å². The van der Waals surface area contributed by atoms with Gasteiger partial charge in [0.2, 0.25) is 0 Å². The van der Waals surface area contributed by atoms with Crippen LogP contribution in [-0.4, -0.2) is 60.7 Å². The summed E-state index contributed by atoms with van der Waals surface area (Å²) in [7, 11) is 2.50. The molecule has 2 aromatic rings. The zero-order chi connectivity index (χ0) is 26.6. The molecular weight excluding hydrogens is 484 g/mol. The van der Waals surface area contributed by atoms with Gasteiger partial charge in [-0.3, -0.25) is 4.79 Å². The van der Waals surface area contributed by atoms with Gasteiger partial charge >= 0.3 is 13.1 Å². The van der Waals surface area contributed by atoms with E-state index in [2.05, 4.69) is 5.32 Å². The van der Waals surface area contributed by atoms with Crippen molar-refractivity contribution < 1.29 is 23.3 Å². The van der Waals surface area contributed by atoms with Gasteiger partial charge in [0.05, 0.1) is 23.3 Å². The van der Waals surface area contributed by atoms with Crippen LogP contribution < -0.4 is 10.8 Å². The number of likely N-dealkylation sites (N-methyl/N-ethyl adjacent to an activating group) is 1. The summed E-state index contributed by atoms with van der Waals surface area (Å²) in [5, 5.41) is 3.17. The monoisotopic (exact) mass is 513 g/mol. The van der Waals surface area contributed by atoms with E-state index in [1.54, 1.807) is 39.2 Å². The molecular formula is C26H30BClFN3O4. The lowest BCUT2D eigenvalue weighted by Crippen LogP contribution is -2.43. The lowest BCUT2D eigenvalue weighted by atomic mass is 9.77. The molecule has 2 aliphatic heterocycles. The highest BCUT2D eigenvalue weighted by Gasteiger charge is 2.52. The standard InChI is InChI=1S/C26H30BClFN3O4/c1-15-20(30-23(33)16-13-31(6)24(34)32(7)14-16)12-11-19(29)21(15)17-9-8-10-18(22(17)28)27-35-25(2,3)26(4,5)36-27/h8-13H,14H2,1-7H3,(H,30,33). The molecule has 0 radical (unpaired) electrons. The summed E-state index contributed by atoms with van der Waals surface area (Å²) >= 11 is 6.81. The lowest BCUT2D eigenvalue weighted by molar-refractivity contribution is -0.113. The van der Waals surface area contributed by atoms with Crippen LogP contribution in [0, 0.1) is 12.7 Å². The molecule has 4 rings (SSSR count). The highest BCUT2D eigenvalue weighted by Crippen LogP contribution is 2.39. The summed E-state index contributed by atoms with van der Waals surface area (Å²) in [6, 6.07) is 7.92. The van der Waals surface area contributed by atoms with Crippen molar-refractivity contribution >= 4 is 41.8 Å². The maximum absolute atomic E-state index is 15.2. The minimum absolute atomic E-state index is 0.171. The molecule has 7 nitrogen and oxygen atoms in total. The van der Waals surface area contributed by atoms with E-state index in [1.165, 1.54) is 28.1 Å². The van der Waals surface area contributed by atoms with Gasteiger partial charge in [-0.25, -0.2) is 9.18 Å². The molecule has 2 aromatic carbocycles. The van der Waals surface area contributed by atoms with Crippen LogP contribution in [-0.2, 0) is 14.1 Å². The van der Waals surface area contributed by atoms with E-state index in [0.717, 1.165) is 0 Å². The number of carbonyl (C=O) groups excluding carboxylic acids is 2. The predicted octanol–water partition coefficient (Wildman–Crippen LogP) is 4.57. The third-order valence-electron chi connectivity index (χ3n) is 7.14. The number of hydrogen-bond donors (Lipinski definition) is 1. The third kappa shape index (κ3) is 4.51. The van der Waals surface area contributed by atoms with Crippen LogP contribution in [0.1, 0.15) is 33.3 Å². The molecule has 0 aromatic heterocycles. The number of halogens is 2. The van der Waals surface area contributed by atoms with Gasteiger partial charge in [0.15, 0.2) is 0 Å². The highest BCUT2D eigenvalue weighted by molar-refractivity contribution is 6.66. The lowest BCUT2D eigenvalue weighted by Gasteiger charge is -2.32. The SMILES string of the molecule is Cc1c(NC(=O)C2=CN(C)C(=O)N(C)C2)ccc(F)c1-c1cccc(B2OC(C)(C)C(C)(C)O2)c1Cl. The third-order valence-corrected chi connectivity index (χ3v) is 7.57. The van der Waals surface area contributed by atoms with Crippen LogP contribution in [0.25, 0.3) is 11.1 Å². The number of rotatable bonds is 4. The van der Waals surface area contributed by atoms with Gasteiger partial charge in [-0.05, 0) is 52.3 Å². The van der Waals surface area contributed by atoms with Crippen molar-refractivity contribution in [1.29, 1.82) is 0 Å². The Morgan fingerprint density at radius 1 is 1.11 bits per heavy atom. The molecule has 0 aliphatic carbocycles. The molecule has 1 fully saturated rings. The van der Waals surface area contributed by atoms with Crippen molar-refractivity contribution in [3.8, 4) is 11.1 Å². The average molecular weight is 514 g/mol. The molecule has 0 spiro atoms. The zero-order valence-electron chi connectivity index (χ0n) is 21.5. The molecule has 2 aliphatic rings. The quantitative estimate of drug-likeness (QED) is 0.608. The molecule has 2 heterocycles. The normalized spacial score (nSPS) is 19.0. The number of hydrogen-bond acceptors (Lipinski definition) is 4. The predicted molar refractivity (Wildman–Crippen MR) is 140 cm³/mol. The topological polar surface area (TPSA) is 71.1 Å². The van der Waals surface area contributed by atoms with Crippen LogP contribution in [0.2, 0.25) is 5.02 Å². The number of carbonyl (C=O) groups is 2. The zero-order valence-corrected chi connectivity index (χ0v) is 22.3. The van der Waals surface area contributed by atoms with E-state index in [4.69, 9.17) is 20.9 Å². The minimum atomic E-state index is -0.705. The van der Waals surface area contributed by atoms with Crippen molar-refractivity contribution in [2.24, 2.45) is 0 Å². The Labute approximate surface area is 216 Å². The number of urea groups is 1. The largest absolute Gasteiger partial charge is 0.496 e. The molecule has 1 saturated heterocycles. The summed E-state index contributed by atoms with van der Waals surface area (Å²) in [6.07, 6.45) is 1.50. The van der Waals surface area contributed by atoms with Crippen molar-refractivity contribution in [3.05, 3.63) is 58.5 Å². The van der Waals surface area contributed by atoms with Crippen LogP contribution in [0.3, 0.4) is 0 Å². The molecule has 0 saturated carbocycles. The summed E-state index contributed by atoms with van der Waals surface area (Å²) in [6.45, 7) is 9.70. The fraction of sp³-hybridized carbons (Fsp3) is 0.385. The van der Waals surface area contributed by atoms with E-state index in [1.807, 2.05) is 27.7 Å². The van der Waals surface area contributed by atoms with E-state index in [0.29, 0.717) is 32.9 Å². The van der Waals surface area contributed by atoms with Crippen LogP contribution in [0.4, 0.5) is 14.9 Å². The number of anilines is 1. The van der Waals surface area contributed by atoms with E-state index < -0.39 is 24.1 Å². The Kier molecular flexibility index (Phi) is 6.70. The summed E-state index contributed by atoms with van der Waals surface area (Å²) in [5.74, 6) is -0.848. The maximum atomic E-state index is 15.2. The smallest absolute Gasteiger partial charge is 0.399 e. The molecule has 1 N–H and O–H groups in total. The van der Waals surface area contributed by atoms with Gasteiger partial charge in [-0.15, -0.1) is 0 Å². The molecule has 190 valence electrons. The molecule has 36 heavy (non-hydrogen) atoms. The Hall–Kier alpha value is -2.88. The second-order valence-electron chi connectivity index (χ2n) is 10.2. The number of nitrogens with zero attached hydrogens (tertiary/aromatic N) is 2. The number of benzene rings is 2. The van der Waals surface area contributed by atoms with Gasteiger partial charge in [0.1, 0.15) is 5.82 Å². The number of amides is 3. The Balaban J connectivity index is 1.68. The van der Waals surface area contributed by atoms with Gasteiger partial charge < -0.3 is 24.4 Å². The minimum Gasteiger partial charge on any atom is -0.399 e. The summed E-state index contributed by atoms with van der Waals surface area (Å²) < 4.78 is 27.5. The Bertz CT molecular complexity index is 1260. The van der Waals surface area contributed by atoms with Gasteiger partial charge in [-0.1, -0.05) is 29.8 Å². The van der Waals surface area contributed by atoms with E-state index in [9.17, 15) is 9.59 Å². The first-order valence-electron chi connectivity index (χ1n) is 11.7. The molecule has 3 amide bonds. The van der Waals surface area contributed by atoms with Crippen molar-refractivity contribution in [3.63, 3.8) is 0 Å². The molecule has 0 unspecified atom stereocenters. The Morgan fingerprint density at radius 2 is 1.75 bits per heavy atom. The highest BCUT2D eigenvalue weighted by atomic mass is 35.5.